The zero-order valence-electron chi connectivity index (χ0n) is 11.8. The fraction of sp³-hybridized carbons (Fsp3) is 1.00. The third-order valence-electron chi connectivity index (χ3n) is 4.05. The van der Waals surface area contributed by atoms with E-state index >= 15 is 0 Å². The zero-order chi connectivity index (χ0) is 16.4. The Morgan fingerprint density at radius 2 is 1.59 bits per heavy atom. The van der Waals surface area contributed by atoms with Crippen LogP contribution in [0.1, 0.15) is 0 Å². The highest BCUT2D eigenvalue weighted by atomic mass is 32.2. The van der Waals surface area contributed by atoms with E-state index in [0.29, 0.717) is 0 Å². The Kier molecular flexibility index (Phi) is 6.42. The zero-order valence-corrected chi connectivity index (χ0v) is 12.6. The molecule has 0 aromatic heterocycles. The predicted octanol–water partition coefficient (Wildman–Crippen LogP) is -4.43. The molecular weight excluding hydrogens is 318 g/mol. The molecule has 0 saturated carbocycles. The molecule has 2 fully saturated rings. The highest BCUT2D eigenvalue weighted by Gasteiger charge is 2.47. The maximum atomic E-state index is 10.1. The van der Waals surface area contributed by atoms with E-state index < -0.39 is 60.0 Å². The Labute approximate surface area is 131 Å². The SMILES string of the molecule is OC[C@H]1NC[C@H](O)[C@@H](O)[C@@H]1S[C@H]1O[C@H](CO)[C@@H](O)[C@H](O)[C@H]1O. The van der Waals surface area contributed by atoms with E-state index in [1.54, 1.807) is 0 Å². The minimum Gasteiger partial charge on any atom is -0.395 e. The second kappa shape index (κ2) is 7.71. The summed E-state index contributed by atoms with van der Waals surface area (Å²) in [4.78, 5) is 0. The third-order valence-corrected chi connectivity index (χ3v) is 5.63. The van der Waals surface area contributed by atoms with E-state index in [4.69, 9.17) is 9.84 Å². The number of hydrogen-bond acceptors (Lipinski definition) is 10. The molecule has 2 saturated heterocycles. The Morgan fingerprint density at radius 1 is 0.909 bits per heavy atom. The number of nitrogens with one attached hydrogen (secondary N) is 1. The summed E-state index contributed by atoms with van der Waals surface area (Å²) in [5.74, 6) is 0. The fourth-order valence-electron chi connectivity index (χ4n) is 2.64. The molecule has 22 heavy (non-hydrogen) atoms. The van der Waals surface area contributed by atoms with Crippen molar-refractivity contribution in [2.45, 2.75) is 53.4 Å². The van der Waals surface area contributed by atoms with Crippen LogP contribution >= 0.6 is 11.8 Å². The lowest BCUT2D eigenvalue weighted by Crippen LogP contribution is -2.62. The van der Waals surface area contributed by atoms with Gasteiger partial charge in [-0.1, -0.05) is 0 Å². The van der Waals surface area contributed by atoms with Crippen molar-refractivity contribution in [1.82, 2.24) is 5.32 Å². The van der Waals surface area contributed by atoms with Gasteiger partial charge in [0, 0.05) is 12.6 Å². The minimum atomic E-state index is -1.51. The molecule has 0 aliphatic carbocycles. The van der Waals surface area contributed by atoms with Crippen LogP contribution in [0, 0.1) is 0 Å². The van der Waals surface area contributed by atoms with Crippen molar-refractivity contribution in [3.63, 3.8) is 0 Å². The van der Waals surface area contributed by atoms with Gasteiger partial charge in [0.1, 0.15) is 29.9 Å². The summed E-state index contributed by atoms with van der Waals surface area (Å²) in [7, 11) is 0. The Hall–Kier alpha value is -0.0100. The molecule has 2 rings (SSSR count). The average Bonchev–Trinajstić information content (AvgIpc) is 2.52. The van der Waals surface area contributed by atoms with Gasteiger partial charge in [0.25, 0.3) is 0 Å². The first-order valence-corrected chi connectivity index (χ1v) is 8.01. The van der Waals surface area contributed by atoms with Crippen LogP contribution in [0.15, 0.2) is 0 Å². The van der Waals surface area contributed by atoms with Gasteiger partial charge in [-0.15, -0.1) is 11.8 Å². The van der Waals surface area contributed by atoms with Gasteiger partial charge in [-0.2, -0.15) is 0 Å². The Bertz CT molecular complexity index is 360. The number of thioether (sulfide) groups is 1. The molecule has 130 valence electrons. The molecule has 9 nitrogen and oxygen atoms in total. The third kappa shape index (κ3) is 3.56. The molecule has 9 atom stereocenters. The molecule has 0 aromatic rings. The number of rotatable bonds is 4. The Balaban J connectivity index is 2.09. The van der Waals surface area contributed by atoms with Crippen molar-refractivity contribution in [2.75, 3.05) is 19.8 Å². The lowest BCUT2D eigenvalue weighted by molar-refractivity contribution is -0.206. The van der Waals surface area contributed by atoms with Gasteiger partial charge >= 0.3 is 0 Å². The summed E-state index contributed by atoms with van der Waals surface area (Å²) in [6, 6.07) is -0.532. The van der Waals surface area contributed by atoms with Crippen molar-refractivity contribution >= 4 is 11.8 Å². The normalized spacial score (nSPS) is 50.0. The molecule has 0 unspecified atom stereocenters. The van der Waals surface area contributed by atoms with Crippen LogP contribution in [-0.2, 0) is 4.74 Å². The highest BCUT2D eigenvalue weighted by Crippen LogP contribution is 2.35. The van der Waals surface area contributed by atoms with Crippen LogP contribution < -0.4 is 5.32 Å². The molecule has 2 aliphatic heterocycles. The average molecular weight is 341 g/mol. The first kappa shape index (κ1) is 18.3. The molecule has 8 N–H and O–H groups in total. The minimum absolute atomic E-state index is 0.123. The number of β-amino-alcohol motifs (C(OH)–C–C–N with tert-alkyl or cyclic N) is 1. The van der Waals surface area contributed by atoms with Gasteiger partial charge in [0.05, 0.1) is 30.7 Å². The summed E-state index contributed by atoms with van der Waals surface area (Å²) in [5, 5.41) is 69.9. The van der Waals surface area contributed by atoms with E-state index in [2.05, 4.69) is 5.32 Å². The molecule has 10 heteroatoms. The van der Waals surface area contributed by atoms with Gasteiger partial charge in [0.15, 0.2) is 0 Å². The first-order valence-electron chi connectivity index (χ1n) is 7.07. The topological polar surface area (TPSA) is 163 Å². The standard InChI is InChI=1S/C12H23NO8S/c14-2-4-11(7(17)5(16)1-13-4)22-12-10(20)9(19)8(18)6(3-15)21-12/h4-20H,1-3H2/t4-,5+,6-,7-,8-,9+,10-,11-,12-/m1/s1. The second-order valence-corrected chi connectivity index (χ2v) is 6.83. The number of hydrogen-bond donors (Lipinski definition) is 8. The van der Waals surface area contributed by atoms with Gasteiger partial charge in [0.2, 0.25) is 0 Å². The molecule has 0 bridgehead atoms. The summed E-state index contributed by atoms with van der Waals surface area (Å²) in [5.41, 5.74) is -1.03. The molecule has 2 heterocycles. The summed E-state index contributed by atoms with van der Waals surface area (Å²) < 4.78 is 5.36. The maximum Gasteiger partial charge on any atom is 0.132 e. The van der Waals surface area contributed by atoms with E-state index in [0.717, 1.165) is 11.8 Å². The monoisotopic (exact) mass is 341 g/mol. The van der Waals surface area contributed by atoms with Crippen LogP contribution in [0.4, 0.5) is 0 Å². The summed E-state index contributed by atoms with van der Waals surface area (Å²) >= 11 is 0.932. The lowest BCUT2D eigenvalue weighted by atomic mass is 9.99. The Morgan fingerprint density at radius 3 is 2.18 bits per heavy atom. The number of aliphatic hydroxyl groups is 7. The molecule has 2 aliphatic rings. The van der Waals surface area contributed by atoms with E-state index in [1.807, 2.05) is 0 Å². The van der Waals surface area contributed by atoms with Crippen molar-refractivity contribution in [3.8, 4) is 0 Å². The predicted molar refractivity (Wildman–Crippen MR) is 76.0 cm³/mol. The van der Waals surface area contributed by atoms with Crippen LogP contribution in [0.3, 0.4) is 0 Å². The summed E-state index contributed by atoms with van der Waals surface area (Å²) in [6.07, 6.45) is -7.63. The largest absolute Gasteiger partial charge is 0.395 e. The highest BCUT2D eigenvalue weighted by molar-refractivity contribution is 8.00. The molecule has 0 aromatic carbocycles. The first-order chi connectivity index (χ1) is 10.4. The maximum absolute atomic E-state index is 10.1. The van der Waals surface area contributed by atoms with Gasteiger partial charge in [-0.25, -0.2) is 0 Å². The van der Waals surface area contributed by atoms with Crippen molar-refractivity contribution in [2.24, 2.45) is 0 Å². The van der Waals surface area contributed by atoms with Gasteiger partial charge < -0.3 is 45.8 Å². The van der Waals surface area contributed by atoms with Crippen molar-refractivity contribution in [3.05, 3.63) is 0 Å². The number of piperidine rings is 1. The van der Waals surface area contributed by atoms with Crippen LogP contribution in [-0.4, -0.2) is 109 Å². The fourth-order valence-corrected chi connectivity index (χ4v) is 4.20. The van der Waals surface area contributed by atoms with Crippen molar-refractivity contribution in [1.29, 1.82) is 0 Å². The lowest BCUT2D eigenvalue weighted by Gasteiger charge is -2.44. The van der Waals surface area contributed by atoms with Crippen LogP contribution in [0.25, 0.3) is 0 Å². The van der Waals surface area contributed by atoms with Gasteiger partial charge in [-0.3, -0.25) is 0 Å². The summed E-state index contributed by atoms with van der Waals surface area (Å²) in [6.45, 7) is -0.712. The van der Waals surface area contributed by atoms with Gasteiger partial charge in [-0.05, 0) is 0 Å². The van der Waals surface area contributed by atoms with E-state index in [-0.39, 0.29) is 13.2 Å². The second-order valence-electron chi connectivity index (χ2n) is 5.55. The van der Waals surface area contributed by atoms with E-state index in [9.17, 15) is 30.6 Å². The van der Waals surface area contributed by atoms with E-state index in [1.165, 1.54) is 0 Å². The molecule has 0 spiro atoms. The number of aliphatic hydroxyl groups excluding tert-OH is 7. The molecule has 0 amide bonds. The number of ether oxygens (including phenoxy) is 1. The van der Waals surface area contributed by atoms with Crippen LogP contribution in [0.2, 0.25) is 0 Å². The van der Waals surface area contributed by atoms with Crippen LogP contribution in [0.5, 0.6) is 0 Å². The molecular formula is C12H23NO8S. The van der Waals surface area contributed by atoms with Crippen molar-refractivity contribution < 1.29 is 40.5 Å². The quantitative estimate of drug-likeness (QED) is 0.250. The molecule has 0 radical (unpaired) electrons. The smallest absolute Gasteiger partial charge is 0.132 e.